The minimum Gasteiger partial charge on any atom is -0.496 e. The van der Waals surface area contributed by atoms with Crippen LogP contribution in [0.4, 0.5) is 0 Å². The van der Waals surface area contributed by atoms with Gasteiger partial charge in [0.05, 0.1) is 56.7 Å². The summed E-state index contributed by atoms with van der Waals surface area (Å²) in [5.41, 5.74) is 21.6. The van der Waals surface area contributed by atoms with Crippen LogP contribution in [0.15, 0.2) is 279 Å². The molecule has 0 aliphatic carbocycles. The number of carbonyl (C=O) groups is 4. The van der Waals surface area contributed by atoms with Gasteiger partial charge in [0.1, 0.15) is 34.3 Å². The number of H-pyrrole nitrogens is 1. The van der Waals surface area contributed by atoms with Crippen LogP contribution in [0, 0.1) is 0 Å². The number of aliphatic hydroxyl groups is 1. The Bertz CT molecular complexity index is 7110. The van der Waals surface area contributed by atoms with Gasteiger partial charge in [-0.3, -0.25) is 57.5 Å². The van der Waals surface area contributed by atoms with E-state index in [9.17, 15) is 24.3 Å². The van der Waals surface area contributed by atoms with Gasteiger partial charge in [0.2, 0.25) is 0 Å². The number of aryl methyl sites for hydroxylation is 2. The predicted molar refractivity (Wildman–Crippen MR) is 524 cm³/mol. The average Bonchev–Trinajstić information content (AvgIpc) is 1.51. The van der Waals surface area contributed by atoms with Gasteiger partial charge in [-0.05, 0) is 95.0 Å². The number of nitrogens with one attached hydrogen (secondary N) is 4. The van der Waals surface area contributed by atoms with Gasteiger partial charge in [-0.15, -0.1) is 0 Å². The molecule has 0 fully saturated rings. The monoisotopic (exact) mass is 1780 g/mol. The molecule has 5 N–H and O–H groups in total. The molecule has 5 aliphatic rings. The van der Waals surface area contributed by atoms with Gasteiger partial charge in [0.15, 0.2) is 0 Å². The Kier molecular flexibility index (Phi) is 26.8. The summed E-state index contributed by atoms with van der Waals surface area (Å²) in [4.78, 5) is 68.2. The van der Waals surface area contributed by atoms with Gasteiger partial charge >= 0.3 is 0 Å². The lowest BCUT2D eigenvalue weighted by Gasteiger charge is -2.30. The lowest BCUT2D eigenvalue weighted by atomic mass is 10.00. The van der Waals surface area contributed by atoms with Crippen molar-refractivity contribution in [3.63, 3.8) is 0 Å². The molecule has 17 aromatic rings. The molecule has 134 heavy (non-hydrogen) atoms. The van der Waals surface area contributed by atoms with Gasteiger partial charge < -0.3 is 40.4 Å². The molecule has 0 unspecified atom stereocenters. The standard InChI is InChI=1S/C32H32N4O3.C32H30N4O2.C24H25N5O.C22H24N4O/c1-39-30-14-13-24(26-11-4-5-12-27(26)30)20-35-16-15-29-28(21-35)31(36(34-29)17-18-37)32(38)33-19-23-9-6-8-22-7-2-3-10-25(22)23;1-38-30-14-13-24(26-11-4-5-12-27(26)30)19-34-16-15-29-28(21-34)31-32(37)35(17-18-36(31)33-29)20-23-9-6-8-22-7-2-3-10-25(22)23;1-28-23(24(30)26-13-17-7-3-2-4-8-17)20-16-29(12-11-22(20)27-28)15-18-14-25-21-10-6-5-9-19(18)21;1-25-21(22(27)23-14-17-8-4-2-5-9-17)19-16-26(13-12-20(19)24-25)15-18-10-6-3-7-11-18/h2-14,37H,15-21H2,1H3,(H,33,38);2-14H,15-21H2,1H3;2-10,14,25H,11-13,15-16H2,1H3,(H,26,30);2-11H,12-16H2,1H3,(H,23,27). The number of benzene rings is 12. The van der Waals surface area contributed by atoms with Crippen LogP contribution < -0.4 is 25.4 Å². The summed E-state index contributed by atoms with van der Waals surface area (Å²) in [6.45, 7) is 13.5. The number of methoxy groups -OCH3 is 2. The smallest absolute Gasteiger partial charge is 0.272 e. The first kappa shape index (κ1) is 88.6. The van der Waals surface area contributed by atoms with E-state index in [-0.39, 0.29) is 36.8 Å². The van der Waals surface area contributed by atoms with Gasteiger partial charge in [0.25, 0.3) is 23.6 Å². The number of aliphatic hydroxyl groups excluding tert-OH is 1. The number of para-hydroxylation sites is 1. The summed E-state index contributed by atoms with van der Waals surface area (Å²) < 4.78 is 18.3. The molecule has 678 valence electrons. The molecule has 5 aliphatic heterocycles. The maximum absolute atomic E-state index is 13.8. The first-order valence-electron chi connectivity index (χ1n) is 46.3. The number of rotatable bonds is 23. The molecular weight excluding hydrogens is 1670 g/mol. The van der Waals surface area contributed by atoms with Gasteiger partial charge in [-0.2, -0.15) is 20.4 Å². The van der Waals surface area contributed by atoms with Crippen LogP contribution >= 0.6 is 0 Å². The Morgan fingerprint density at radius 3 is 1.30 bits per heavy atom. The van der Waals surface area contributed by atoms with E-state index >= 15 is 0 Å². The van der Waals surface area contributed by atoms with Crippen LogP contribution in [0.5, 0.6) is 11.5 Å². The minimum absolute atomic E-state index is 0.0586. The van der Waals surface area contributed by atoms with Crippen molar-refractivity contribution in [3.8, 4) is 11.5 Å². The van der Waals surface area contributed by atoms with Crippen molar-refractivity contribution < 1.29 is 33.8 Å². The lowest BCUT2D eigenvalue weighted by molar-refractivity contribution is 0.0680. The predicted octanol–water partition coefficient (Wildman–Crippen LogP) is 16.4. The van der Waals surface area contributed by atoms with Crippen molar-refractivity contribution in [1.82, 2.24) is 84.6 Å². The highest BCUT2D eigenvalue weighted by atomic mass is 16.5. The number of fused-ring (bicyclic) bond motifs is 11. The van der Waals surface area contributed by atoms with Crippen LogP contribution in [0.1, 0.15) is 131 Å². The normalized spacial score (nSPS) is 14.3. The number of ether oxygens (including phenoxy) is 2. The molecule has 0 bridgehead atoms. The Hall–Kier alpha value is -14.7. The van der Waals surface area contributed by atoms with Crippen LogP contribution in [0.3, 0.4) is 0 Å². The molecule has 0 saturated carbocycles. The van der Waals surface area contributed by atoms with E-state index in [4.69, 9.17) is 19.7 Å². The molecule has 0 spiro atoms. The average molecular weight is 1780 g/mol. The third kappa shape index (κ3) is 19.4. The van der Waals surface area contributed by atoms with E-state index in [0.29, 0.717) is 56.4 Å². The summed E-state index contributed by atoms with van der Waals surface area (Å²) in [5, 5.41) is 48.3. The second kappa shape index (κ2) is 40.6. The fourth-order valence-electron chi connectivity index (χ4n) is 19.9. The summed E-state index contributed by atoms with van der Waals surface area (Å²) in [6, 6.07) is 92.9. The number of hydrogen-bond acceptors (Lipinski definition) is 15. The summed E-state index contributed by atoms with van der Waals surface area (Å²) >= 11 is 0. The third-order valence-electron chi connectivity index (χ3n) is 26.6. The minimum atomic E-state index is -0.165. The zero-order valence-electron chi connectivity index (χ0n) is 76.2. The van der Waals surface area contributed by atoms with Crippen molar-refractivity contribution in [2.24, 2.45) is 14.1 Å². The maximum atomic E-state index is 13.8. The van der Waals surface area contributed by atoms with Gasteiger partial charge in [-0.1, -0.05) is 255 Å². The van der Waals surface area contributed by atoms with Crippen molar-refractivity contribution >= 4 is 77.6 Å². The second-order valence-electron chi connectivity index (χ2n) is 35.2. The number of amides is 4. The third-order valence-corrected chi connectivity index (χ3v) is 26.6. The highest BCUT2D eigenvalue weighted by molar-refractivity contribution is 5.98. The summed E-state index contributed by atoms with van der Waals surface area (Å²) in [6.07, 6.45) is 5.45. The van der Waals surface area contributed by atoms with Crippen LogP contribution in [-0.2, 0) is 131 Å². The first-order valence-corrected chi connectivity index (χ1v) is 46.3. The molecule has 0 radical (unpaired) electrons. The quantitative estimate of drug-likeness (QED) is 0.0400. The number of carbonyl (C=O) groups excluding carboxylic acids is 4. The molecule has 5 aromatic heterocycles. The summed E-state index contributed by atoms with van der Waals surface area (Å²) in [5.74, 6) is 1.57. The Labute approximate surface area is 779 Å². The van der Waals surface area contributed by atoms with Gasteiger partial charge in [0, 0.05) is 201 Å². The number of hydrogen-bond donors (Lipinski definition) is 5. The van der Waals surface area contributed by atoms with Crippen molar-refractivity contribution in [2.45, 2.75) is 117 Å². The van der Waals surface area contributed by atoms with E-state index in [0.717, 1.165) is 210 Å². The molecule has 24 heteroatoms. The summed E-state index contributed by atoms with van der Waals surface area (Å²) in [7, 11) is 7.14. The molecule has 24 nitrogen and oxygen atoms in total. The first-order chi connectivity index (χ1) is 65.7. The zero-order valence-corrected chi connectivity index (χ0v) is 76.2. The molecular formula is C110H111N17O7. The van der Waals surface area contributed by atoms with E-state index in [1.54, 1.807) is 28.3 Å². The fraction of sp³-hybridized carbons (Fsp3) is 0.255. The lowest BCUT2D eigenvalue weighted by Crippen LogP contribution is -2.41. The van der Waals surface area contributed by atoms with E-state index in [1.807, 2.05) is 133 Å². The largest absolute Gasteiger partial charge is 0.496 e. The van der Waals surface area contributed by atoms with E-state index < -0.39 is 0 Å². The highest BCUT2D eigenvalue weighted by Gasteiger charge is 2.36. The Balaban J connectivity index is 0.000000116. The topological polar surface area (TPSA) is 246 Å². The Morgan fingerprint density at radius 2 is 0.769 bits per heavy atom. The SMILES string of the molecule is COc1ccc(CN2CCc3nn(CCO)c(C(=O)NCc4cccc5ccccc45)c3C2)c2ccccc12.COc1ccc(CN2CCc3nn4c(c3C2)C(=O)N(Cc2cccc3ccccc23)CC4)c2ccccc12.Cn1nc2c(c1C(=O)NCc1ccccc1)CN(Cc1c[nH]c3ccccc13)CC2.Cn1nc2c(c1C(=O)NCc1ccccc1)CN(Cc1ccccc1)CC2. The molecule has 0 atom stereocenters. The van der Waals surface area contributed by atoms with Crippen LogP contribution in [0.2, 0.25) is 0 Å². The molecule has 4 amide bonds. The maximum Gasteiger partial charge on any atom is 0.272 e. The fourth-order valence-corrected chi connectivity index (χ4v) is 19.9. The number of nitrogens with zero attached hydrogens (tertiary/aromatic N) is 13. The van der Waals surface area contributed by atoms with E-state index in [2.05, 4.69) is 221 Å². The molecule has 22 rings (SSSR count). The van der Waals surface area contributed by atoms with Gasteiger partial charge in [-0.25, -0.2) is 0 Å². The second-order valence-corrected chi connectivity index (χ2v) is 35.2. The van der Waals surface area contributed by atoms with Crippen molar-refractivity contribution in [2.75, 3.05) is 53.6 Å². The number of aromatic amines is 1. The van der Waals surface area contributed by atoms with Crippen molar-refractivity contribution in [3.05, 3.63) is 391 Å². The highest BCUT2D eigenvalue weighted by Crippen LogP contribution is 2.37. The van der Waals surface area contributed by atoms with Crippen LogP contribution in [0.25, 0.3) is 54.0 Å². The van der Waals surface area contributed by atoms with E-state index in [1.165, 1.54) is 54.7 Å². The number of aromatic nitrogens is 9. The molecule has 0 saturated heterocycles. The molecule has 10 heterocycles. The van der Waals surface area contributed by atoms with Crippen molar-refractivity contribution in [1.29, 1.82) is 0 Å². The molecule has 12 aromatic carbocycles. The van der Waals surface area contributed by atoms with Crippen LogP contribution in [-0.4, -0.2) is 151 Å². The zero-order chi connectivity index (χ0) is 91.5. The Morgan fingerprint density at radius 1 is 0.366 bits per heavy atom.